The van der Waals surface area contributed by atoms with Gasteiger partial charge in [0, 0.05) is 5.92 Å². The second-order valence-corrected chi connectivity index (χ2v) is 5.10. The first-order valence-corrected chi connectivity index (χ1v) is 6.70. The number of hydrogen-bond acceptors (Lipinski definition) is 1. The zero-order valence-electron chi connectivity index (χ0n) is 11.3. The topological polar surface area (TPSA) is 9.23 Å². The first-order chi connectivity index (χ1) is 9.29. The highest BCUT2D eigenvalue weighted by atomic mass is 16.5. The molecule has 19 heavy (non-hydrogen) atoms. The first kappa shape index (κ1) is 12.0. The molecule has 1 aliphatic carbocycles. The quantitative estimate of drug-likeness (QED) is 0.763. The summed E-state index contributed by atoms with van der Waals surface area (Å²) in [5.41, 5.74) is 4.11. The van der Waals surface area contributed by atoms with E-state index in [1.807, 2.05) is 12.1 Å². The van der Waals surface area contributed by atoms with Gasteiger partial charge in [-0.2, -0.15) is 0 Å². The smallest absolute Gasteiger partial charge is 0.118 e. The van der Waals surface area contributed by atoms with Crippen LogP contribution in [0.4, 0.5) is 0 Å². The second kappa shape index (κ2) is 4.93. The van der Waals surface area contributed by atoms with E-state index in [-0.39, 0.29) is 0 Å². The van der Waals surface area contributed by atoms with E-state index in [0.717, 1.165) is 5.75 Å². The fraction of sp³-hybridized carbons (Fsp3) is 0.222. The van der Waals surface area contributed by atoms with Gasteiger partial charge in [-0.1, -0.05) is 55.5 Å². The summed E-state index contributed by atoms with van der Waals surface area (Å²) in [6.07, 6.45) is 4.54. The Bertz CT molecular complexity index is 595. The molecular weight excluding hydrogens is 232 g/mol. The predicted octanol–water partition coefficient (Wildman–Crippen LogP) is 4.49. The van der Waals surface area contributed by atoms with Crippen molar-refractivity contribution in [1.82, 2.24) is 0 Å². The van der Waals surface area contributed by atoms with Crippen LogP contribution in [-0.2, 0) is 0 Å². The van der Waals surface area contributed by atoms with Crippen LogP contribution in [0.25, 0.3) is 6.08 Å². The van der Waals surface area contributed by atoms with Gasteiger partial charge in [-0.05, 0) is 34.7 Å². The van der Waals surface area contributed by atoms with Gasteiger partial charge in [0.2, 0.25) is 0 Å². The summed E-state index contributed by atoms with van der Waals surface area (Å²) in [6, 6.07) is 17.1. The van der Waals surface area contributed by atoms with Crippen molar-refractivity contribution in [2.45, 2.75) is 12.8 Å². The number of allylic oxidation sites excluding steroid dienone is 1. The summed E-state index contributed by atoms with van der Waals surface area (Å²) < 4.78 is 5.24. The Balaban J connectivity index is 2.05. The van der Waals surface area contributed by atoms with Crippen molar-refractivity contribution in [3.05, 3.63) is 71.3 Å². The number of hydrogen-bond donors (Lipinski definition) is 0. The molecule has 0 aromatic heterocycles. The molecule has 1 unspecified atom stereocenters. The molecule has 96 valence electrons. The Labute approximate surface area is 114 Å². The third-order valence-electron chi connectivity index (χ3n) is 3.91. The highest BCUT2D eigenvalue weighted by Crippen LogP contribution is 2.39. The zero-order valence-corrected chi connectivity index (χ0v) is 11.3. The average molecular weight is 250 g/mol. The van der Waals surface area contributed by atoms with Crippen LogP contribution in [-0.4, -0.2) is 7.11 Å². The minimum absolute atomic E-state index is 0.437. The Morgan fingerprint density at radius 3 is 2.42 bits per heavy atom. The van der Waals surface area contributed by atoms with Gasteiger partial charge in [-0.3, -0.25) is 0 Å². The van der Waals surface area contributed by atoms with Gasteiger partial charge in [-0.25, -0.2) is 0 Å². The van der Waals surface area contributed by atoms with Gasteiger partial charge < -0.3 is 4.74 Å². The van der Waals surface area contributed by atoms with Crippen molar-refractivity contribution >= 4 is 6.08 Å². The largest absolute Gasteiger partial charge is 0.497 e. The maximum Gasteiger partial charge on any atom is 0.118 e. The Hall–Kier alpha value is -2.02. The summed E-state index contributed by atoms with van der Waals surface area (Å²) in [6.45, 7) is 2.28. The molecule has 1 heteroatoms. The molecule has 0 saturated carbocycles. The van der Waals surface area contributed by atoms with E-state index in [4.69, 9.17) is 4.74 Å². The molecule has 0 radical (unpaired) electrons. The second-order valence-electron chi connectivity index (χ2n) is 5.10. The maximum atomic E-state index is 5.24. The van der Waals surface area contributed by atoms with Crippen LogP contribution in [0.15, 0.2) is 54.6 Å². The molecule has 0 bridgehead atoms. The molecule has 0 aliphatic heterocycles. The van der Waals surface area contributed by atoms with E-state index in [1.165, 1.54) is 16.7 Å². The Morgan fingerprint density at radius 1 is 0.947 bits per heavy atom. The number of rotatable bonds is 2. The summed E-state index contributed by atoms with van der Waals surface area (Å²) in [4.78, 5) is 0. The number of benzene rings is 2. The van der Waals surface area contributed by atoms with Gasteiger partial charge >= 0.3 is 0 Å². The minimum atomic E-state index is 0.437. The van der Waals surface area contributed by atoms with Crippen LogP contribution >= 0.6 is 0 Å². The van der Waals surface area contributed by atoms with Gasteiger partial charge in [-0.15, -0.1) is 0 Å². The first-order valence-electron chi connectivity index (χ1n) is 6.70. The fourth-order valence-corrected chi connectivity index (χ4v) is 2.89. The Morgan fingerprint density at radius 2 is 1.68 bits per heavy atom. The van der Waals surface area contributed by atoms with Crippen LogP contribution in [0.2, 0.25) is 0 Å². The molecule has 0 fully saturated rings. The van der Waals surface area contributed by atoms with Crippen LogP contribution < -0.4 is 4.74 Å². The van der Waals surface area contributed by atoms with Gasteiger partial charge in [0.1, 0.15) is 5.75 Å². The van der Waals surface area contributed by atoms with Crippen molar-refractivity contribution in [1.29, 1.82) is 0 Å². The predicted molar refractivity (Wildman–Crippen MR) is 79.5 cm³/mol. The van der Waals surface area contributed by atoms with E-state index in [1.54, 1.807) is 7.11 Å². The van der Waals surface area contributed by atoms with Crippen molar-refractivity contribution in [2.24, 2.45) is 5.92 Å². The molecule has 3 rings (SSSR count). The normalized spacial score (nSPS) is 20.9. The highest BCUT2D eigenvalue weighted by Gasteiger charge is 2.24. The zero-order chi connectivity index (χ0) is 13.2. The third-order valence-corrected chi connectivity index (χ3v) is 3.91. The molecule has 0 heterocycles. The number of fused-ring (bicyclic) bond motifs is 1. The third kappa shape index (κ3) is 2.17. The Kier molecular flexibility index (Phi) is 3.12. The van der Waals surface area contributed by atoms with Gasteiger partial charge in [0.15, 0.2) is 0 Å². The lowest BCUT2D eigenvalue weighted by molar-refractivity contribution is 0.414. The number of methoxy groups -OCH3 is 1. The lowest BCUT2D eigenvalue weighted by Gasteiger charge is -2.28. The maximum absolute atomic E-state index is 5.24. The van der Waals surface area contributed by atoms with E-state index in [9.17, 15) is 0 Å². The van der Waals surface area contributed by atoms with Crippen molar-refractivity contribution in [3.63, 3.8) is 0 Å². The van der Waals surface area contributed by atoms with E-state index in [0.29, 0.717) is 11.8 Å². The van der Waals surface area contributed by atoms with Crippen molar-refractivity contribution in [2.75, 3.05) is 7.11 Å². The van der Waals surface area contributed by atoms with Crippen molar-refractivity contribution < 1.29 is 4.74 Å². The molecule has 2 aromatic rings. The van der Waals surface area contributed by atoms with E-state index >= 15 is 0 Å². The van der Waals surface area contributed by atoms with Crippen molar-refractivity contribution in [3.8, 4) is 5.75 Å². The number of ether oxygens (including phenoxy) is 1. The molecule has 2 aromatic carbocycles. The molecule has 1 nitrogen and oxygen atoms in total. The SMILES string of the molecule is COc1ccc([C@H]2c3ccccc3C=CC2C)cc1. The van der Waals surface area contributed by atoms with Crippen LogP contribution in [0, 0.1) is 5.92 Å². The van der Waals surface area contributed by atoms with Crippen LogP contribution in [0.3, 0.4) is 0 Å². The van der Waals surface area contributed by atoms with Gasteiger partial charge in [0.05, 0.1) is 7.11 Å². The van der Waals surface area contributed by atoms with Crippen LogP contribution in [0.1, 0.15) is 29.5 Å². The van der Waals surface area contributed by atoms with Gasteiger partial charge in [0.25, 0.3) is 0 Å². The van der Waals surface area contributed by atoms with E-state index < -0.39 is 0 Å². The molecule has 0 amide bonds. The molecule has 0 saturated heterocycles. The lowest BCUT2D eigenvalue weighted by Crippen LogP contribution is -2.14. The highest BCUT2D eigenvalue weighted by molar-refractivity contribution is 5.60. The van der Waals surface area contributed by atoms with Crippen LogP contribution in [0.5, 0.6) is 5.75 Å². The molecule has 0 N–H and O–H groups in total. The van der Waals surface area contributed by atoms with E-state index in [2.05, 4.69) is 55.5 Å². The minimum Gasteiger partial charge on any atom is -0.497 e. The monoisotopic (exact) mass is 250 g/mol. The lowest BCUT2D eigenvalue weighted by atomic mass is 9.76. The summed E-state index contributed by atoms with van der Waals surface area (Å²) in [7, 11) is 1.70. The molecule has 1 aliphatic rings. The molecule has 2 atom stereocenters. The molecular formula is C18H18O. The standard InChI is InChI=1S/C18H18O/c1-13-7-8-14-5-3-4-6-17(14)18(13)15-9-11-16(19-2)12-10-15/h3-13,18H,1-2H3/t13?,18-/m0/s1. The molecule has 0 spiro atoms. The fourth-order valence-electron chi connectivity index (χ4n) is 2.89. The summed E-state index contributed by atoms with van der Waals surface area (Å²) in [5.74, 6) is 1.87. The summed E-state index contributed by atoms with van der Waals surface area (Å²) in [5, 5.41) is 0. The summed E-state index contributed by atoms with van der Waals surface area (Å²) >= 11 is 0. The average Bonchev–Trinajstić information content (AvgIpc) is 2.47.